The first-order valence-corrected chi connectivity index (χ1v) is 11.7. The van der Waals surface area contributed by atoms with E-state index < -0.39 is 23.5 Å². The van der Waals surface area contributed by atoms with Crippen molar-refractivity contribution in [3.63, 3.8) is 0 Å². The Morgan fingerprint density at radius 2 is 1.78 bits per heavy atom. The fraction of sp³-hybridized carbons (Fsp3) is 0.321. The van der Waals surface area contributed by atoms with Crippen LogP contribution in [0.15, 0.2) is 54.6 Å². The molecule has 198 valence electrons. The van der Waals surface area contributed by atoms with Crippen molar-refractivity contribution >= 4 is 5.97 Å². The number of carbonyl (C=O) groups is 1. The summed E-state index contributed by atoms with van der Waals surface area (Å²) in [4.78, 5) is 10.9. The van der Waals surface area contributed by atoms with Crippen LogP contribution in [0, 0.1) is 12.7 Å². The molecular formula is C28H29F4NO4. The average Bonchev–Trinajstić information content (AvgIpc) is 2.86. The van der Waals surface area contributed by atoms with Crippen LogP contribution in [-0.2, 0) is 17.4 Å². The van der Waals surface area contributed by atoms with Gasteiger partial charge in [0.1, 0.15) is 23.9 Å². The van der Waals surface area contributed by atoms with Crippen LogP contribution in [0.1, 0.15) is 41.6 Å². The number of halogens is 4. The Kier molecular flexibility index (Phi) is 9.15. The lowest BCUT2D eigenvalue weighted by Crippen LogP contribution is -2.24. The molecule has 0 saturated carbocycles. The first kappa shape index (κ1) is 28.0. The molecule has 9 heteroatoms. The SMILES string of the molecule is COc1cccc([C@@H](C)NCCOc2cc(-c3cc(C)c(F)c(CCC(=O)O)c3)cc(C(F)(F)F)c2)c1. The first-order chi connectivity index (χ1) is 17.5. The van der Waals surface area contributed by atoms with Crippen molar-refractivity contribution in [2.45, 2.75) is 38.9 Å². The number of benzene rings is 3. The maximum Gasteiger partial charge on any atom is 0.416 e. The minimum absolute atomic E-state index is 0.0229. The summed E-state index contributed by atoms with van der Waals surface area (Å²) >= 11 is 0. The van der Waals surface area contributed by atoms with E-state index in [0.29, 0.717) is 12.1 Å². The van der Waals surface area contributed by atoms with Gasteiger partial charge in [0.15, 0.2) is 0 Å². The molecular weight excluding hydrogens is 490 g/mol. The highest BCUT2D eigenvalue weighted by Crippen LogP contribution is 2.36. The summed E-state index contributed by atoms with van der Waals surface area (Å²) in [7, 11) is 1.58. The van der Waals surface area contributed by atoms with Crippen LogP contribution in [0.4, 0.5) is 17.6 Å². The van der Waals surface area contributed by atoms with Gasteiger partial charge in [0.25, 0.3) is 0 Å². The number of hydrogen-bond donors (Lipinski definition) is 2. The quantitative estimate of drug-likeness (QED) is 0.221. The molecule has 3 rings (SSSR count). The van der Waals surface area contributed by atoms with Crippen LogP contribution >= 0.6 is 0 Å². The third-order valence-corrected chi connectivity index (χ3v) is 5.92. The van der Waals surface area contributed by atoms with Crippen LogP contribution < -0.4 is 14.8 Å². The maximum atomic E-state index is 14.5. The van der Waals surface area contributed by atoms with Crippen molar-refractivity contribution in [3.05, 3.63) is 82.7 Å². The third kappa shape index (κ3) is 7.69. The van der Waals surface area contributed by atoms with Crippen LogP contribution in [0.3, 0.4) is 0 Å². The van der Waals surface area contributed by atoms with Crippen molar-refractivity contribution in [2.24, 2.45) is 0 Å². The summed E-state index contributed by atoms with van der Waals surface area (Å²) in [6.07, 6.45) is -4.98. The number of carboxylic acid groups (broad SMARTS) is 1. The van der Waals surface area contributed by atoms with Crippen LogP contribution in [0.5, 0.6) is 11.5 Å². The number of ether oxygens (including phenoxy) is 2. The fourth-order valence-corrected chi connectivity index (χ4v) is 3.92. The summed E-state index contributed by atoms with van der Waals surface area (Å²) in [5.41, 5.74) is 0.988. The van der Waals surface area contributed by atoms with Crippen molar-refractivity contribution < 1.29 is 36.9 Å². The summed E-state index contributed by atoms with van der Waals surface area (Å²) in [5.74, 6) is -0.910. The van der Waals surface area contributed by atoms with E-state index in [1.807, 2.05) is 31.2 Å². The highest BCUT2D eigenvalue weighted by atomic mass is 19.4. The van der Waals surface area contributed by atoms with Gasteiger partial charge in [0, 0.05) is 19.0 Å². The molecule has 0 aliphatic rings. The van der Waals surface area contributed by atoms with Gasteiger partial charge >= 0.3 is 12.1 Å². The number of aliphatic carboxylic acids is 1. The fourth-order valence-electron chi connectivity index (χ4n) is 3.92. The monoisotopic (exact) mass is 519 g/mol. The first-order valence-electron chi connectivity index (χ1n) is 11.7. The van der Waals surface area contributed by atoms with E-state index in [9.17, 15) is 22.4 Å². The zero-order valence-corrected chi connectivity index (χ0v) is 20.8. The Bertz CT molecular complexity index is 1240. The molecule has 5 nitrogen and oxygen atoms in total. The van der Waals surface area contributed by atoms with Crippen LogP contribution in [0.25, 0.3) is 11.1 Å². The van der Waals surface area contributed by atoms with Gasteiger partial charge < -0.3 is 19.9 Å². The van der Waals surface area contributed by atoms with Gasteiger partial charge in [-0.25, -0.2) is 4.39 Å². The number of alkyl halides is 3. The Balaban J connectivity index is 1.78. The van der Waals surface area contributed by atoms with E-state index in [1.54, 1.807) is 7.11 Å². The van der Waals surface area contributed by atoms with Gasteiger partial charge in [-0.15, -0.1) is 0 Å². The van der Waals surface area contributed by atoms with Crippen molar-refractivity contribution in [3.8, 4) is 22.6 Å². The maximum absolute atomic E-state index is 14.5. The molecule has 0 radical (unpaired) electrons. The lowest BCUT2D eigenvalue weighted by atomic mass is 9.96. The Morgan fingerprint density at radius 1 is 1.05 bits per heavy atom. The average molecular weight is 520 g/mol. The molecule has 0 aliphatic heterocycles. The number of hydrogen-bond acceptors (Lipinski definition) is 4. The number of nitrogens with one attached hydrogen (secondary N) is 1. The molecule has 1 atom stereocenters. The standard InChI is InChI=1S/C28H29F4NO4/c1-17-11-21(12-20(27(17)29)7-8-26(34)35)22-13-23(28(30,31)32)16-25(15-22)37-10-9-33-18(2)19-5-4-6-24(14-19)36-3/h4-6,11-16,18,33H,7-10H2,1-3H3,(H,34,35)/t18-/m1/s1. The molecule has 0 saturated heterocycles. The van der Waals surface area contributed by atoms with Gasteiger partial charge in [-0.2, -0.15) is 13.2 Å². The summed E-state index contributed by atoms with van der Waals surface area (Å²) in [6.45, 7) is 3.93. The van der Waals surface area contributed by atoms with Crippen molar-refractivity contribution in [1.82, 2.24) is 5.32 Å². The molecule has 0 amide bonds. The van der Waals surface area contributed by atoms with Gasteiger partial charge in [-0.3, -0.25) is 4.79 Å². The number of methoxy groups -OCH3 is 1. The van der Waals surface area contributed by atoms with Crippen LogP contribution in [-0.4, -0.2) is 31.3 Å². The largest absolute Gasteiger partial charge is 0.497 e. The Labute approximate surface area is 213 Å². The molecule has 0 fully saturated rings. The van der Waals surface area contributed by atoms with Gasteiger partial charge in [-0.1, -0.05) is 12.1 Å². The molecule has 0 unspecified atom stereocenters. The lowest BCUT2D eigenvalue weighted by molar-refractivity contribution is -0.138. The normalized spacial score (nSPS) is 12.3. The van der Waals surface area contributed by atoms with Crippen molar-refractivity contribution in [1.29, 1.82) is 0 Å². The summed E-state index contributed by atoms with van der Waals surface area (Å²) < 4.78 is 66.3. The van der Waals surface area contributed by atoms with Gasteiger partial charge in [0.2, 0.25) is 0 Å². The molecule has 0 bridgehead atoms. The molecule has 0 aromatic heterocycles. The molecule has 3 aromatic carbocycles. The minimum Gasteiger partial charge on any atom is -0.497 e. The second-order valence-electron chi connectivity index (χ2n) is 8.70. The zero-order chi connectivity index (χ0) is 27.2. The number of aryl methyl sites for hydroxylation is 2. The topological polar surface area (TPSA) is 67.8 Å². The molecule has 3 aromatic rings. The zero-order valence-electron chi connectivity index (χ0n) is 20.8. The summed E-state index contributed by atoms with van der Waals surface area (Å²) in [6, 6.07) is 13.7. The predicted octanol–water partition coefficient (Wildman–Crippen LogP) is 6.58. The lowest BCUT2D eigenvalue weighted by Gasteiger charge is -2.17. The number of carboxylic acids is 1. The minimum atomic E-state index is -4.62. The van der Waals surface area contributed by atoms with Crippen LogP contribution in [0.2, 0.25) is 0 Å². The molecule has 2 N–H and O–H groups in total. The van der Waals surface area contributed by atoms with E-state index in [1.165, 1.54) is 25.1 Å². The van der Waals surface area contributed by atoms with E-state index in [4.69, 9.17) is 14.6 Å². The second-order valence-corrected chi connectivity index (χ2v) is 8.70. The van der Waals surface area contributed by atoms with E-state index in [-0.39, 0.29) is 47.9 Å². The highest BCUT2D eigenvalue weighted by molar-refractivity contribution is 5.70. The molecule has 0 spiro atoms. The van der Waals surface area contributed by atoms with E-state index in [0.717, 1.165) is 23.4 Å². The van der Waals surface area contributed by atoms with Gasteiger partial charge in [-0.05, 0) is 90.6 Å². The third-order valence-electron chi connectivity index (χ3n) is 5.92. The predicted molar refractivity (Wildman–Crippen MR) is 132 cm³/mol. The smallest absolute Gasteiger partial charge is 0.416 e. The number of rotatable bonds is 11. The van der Waals surface area contributed by atoms with E-state index >= 15 is 0 Å². The molecule has 0 aliphatic carbocycles. The summed E-state index contributed by atoms with van der Waals surface area (Å²) in [5, 5.41) is 12.2. The highest BCUT2D eigenvalue weighted by Gasteiger charge is 2.31. The Morgan fingerprint density at radius 3 is 2.46 bits per heavy atom. The van der Waals surface area contributed by atoms with Gasteiger partial charge in [0.05, 0.1) is 12.7 Å². The van der Waals surface area contributed by atoms with E-state index in [2.05, 4.69) is 5.32 Å². The van der Waals surface area contributed by atoms with Crippen molar-refractivity contribution in [2.75, 3.05) is 20.3 Å². The second kappa shape index (κ2) is 12.1. The molecule has 37 heavy (non-hydrogen) atoms. The Hall–Kier alpha value is -3.59. The molecule has 0 heterocycles.